The van der Waals surface area contributed by atoms with Gasteiger partial charge in [0.2, 0.25) is 0 Å². The van der Waals surface area contributed by atoms with Crippen LogP contribution in [0.15, 0.2) is 0 Å². The van der Waals surface area contributed by atoms with Crippen molar-refractivity contribution in [2.45, 2.75) is 24.5 Å². The van der Waals surface area contributed by atoms with E-state index < -0.39 is 31.1 Å². The Kier molecular flexibility index (Phi) is 2.08. The van der Waals surface area contributed by atoms with Crippen LogP contribution in [0.4, 0.5) is 13.2 Å². The van der Waals surface area contributed by atoms with Gasteiger partial charge in [0.05, 0.1) is 6.61 Å². The van der Waals surface area contributed by atoms with Gasteiger partial charge in [-0.3, -0.25) is 0 Å². The first kappa shape index (κ1) is 8.76. The van der Waals surface area contributed by atoms with Crippen LogP contribution >= 0.6 is 0 Å². The Balaban J connectivity index is 2.62. The van der Waals surface area contributed by atoms with Crippen LogP contribution < -0.4 is 0 Å². The lowest BCUT2D eigenvalue weighted by Crippen LogP contribution is -2.40. The van der Waals surface area contributed by atoms with Crippen molar-refractivity contribution in [3.63, 3.8) is 0 Å². The minimum atomic E-state index is -4.60. The molecule has 1 fully saturated rings. The average molecular weight is 172 g/mol. The van der Waals surface area contributed by atoms with E-state index in [1.165, 1.54) is 0 Å². The van der Waals surface area contributed by atoms with E-state index in [1.54, 1.807) is 0 Å². The van der Waals surface area contributed by atoms with Gasteiger partial charge in [-0.15, -0.1) is 0 Å². The fourth-order valence-corrected chi connectivity index (χ4v) is 0.889. The van der Waals surface area contributed by atoms with Crippen LogP contribution in [0.3, 0.4) is 0 Å². The van der Waals surface area contributed by atoms with Crippen LogP contribution in [-0.2, 0) is 4.74 Å². The van der Waals surface area contributed by atoms with Gasteiger partial charge in [-0.05, 0) is 0 Å². The summed E-state index contributed by atoms with van der Waals surface area (Å²) in [5.41, 5.74) is 0. The van der Waals surface area contributed by atoms with Crippen LogP contribution in [0.25, 0.3) is 0 Å². The van der Waals surface area contributed by atoms with E-state index >= 15 is 0 Å². The van der Waals surface area contributed by atoms with Gasteiger partial charge in [0.15, 0.2) is 6.10 Å². The van der Waals surface area contributed by atoms with Crippen molar-refractivity contribution in [1.82, 2.24) is 0 Å². The number of aliphatic hydroxyl groups is 2. The van der Waals surface area contributed by atoms with Crippen molar-refractivity contribution >= 4 is 0 Å². The number of ether oxygens (including phenoxy) is 1. The molecule has 0 aromatic heterocycles. The summed E-state index contributed by atoms with van der Waals surface area (Å²) in [4.78, 5) is 0. The first-order valence-corrected chi connectivity index (χ1v) is 2.97. The van der Waals surface area contributed by atoms with E-state index in [2.05, 4.69) is 4.74 Å². The number of rotatable bonds is 0. The summed E-state index contributed by atoms with van der Waals surface area (Å²) in [6.07, 6.45) is -10.1. The summed E-state index contributed by atoms with van der Waals surface area (Å²) in [6.45, 7) is -0.467. The Labute approximate surface area is 60.4 Å². The molecule has 3 unspecified atom stereocenters. The molecule has 11 heavy (non-hydrogen) atoms. The molecule has 0 aromatic carbocycles. The molecule has 1 aliphatic heterocycles. The second-order valence-electron chi connectivity index (χ2n) is 2.35. The van der Waals surface area contributed by atoms with Gasteiger partial charge >= 0.3 is 6.18 Å². The van der Waals surface area contributed by atoms with Crippen molar-refractivity contribution in [1.29, 1.82) is 0 Å². The molecule has 3 nitrogen and oxygen atoms in total. The third-order valence-electron chi connectivity index (χ3n) is 1.47. The Morgan fingerprint density at radius 3 is 2.00 bits per heavy atom. The molecule has 1 aliphatic rings. The average Bonchev–Trinajstić information content (AvgIpc) is 2.11. The molecule has 0 aliphatic carbocycles. The van der Waals surface area contributed by atoms with E-state index in [0.29, 0.717) is 0 Å². The summed E-state index contributed by atoms with van der Waals surface area (Å²) in [5.74, 6) is 0. The largest absolute Gasteiger partial charge is 0.417 e. The molecular formula is C5H7F3O3. The summed E-state index contributed by atoms with van der Waals surface area (Å²) in [6, 6.07) is 0. The second kappa shape index (κ2) is 2.62. The first-order valence-electron chi connectivity index (χ1n) is 2.97. The third-order valence-corrected chi connectivity index (χ3v) is 1.47. The van der Waals surface area contributed by atoms with E-state index in [9.17, 15) is 13.2 Å². The predicted molar refractivity (Wildman–Crippen MR) is 27.8 cm³/mol. The highest BCUT2D eigenvalue weighted by atomic mass is 19.4. The molecule has 3 atom stereocenters. The monoisotopic (exact) mass is 172 g/mol. The minimum Gasteiger partial charge on any atom is -0.388 e. The number of halogens is 3. The lowest BCUT2D eigenvalue weighted by molar-refractivity contribution is -0.225. The van der Waals surface area contributed by atoms with Gasteiger partial charge in [-0.1, -0.05) is 0 Å². The van der Waals surface area contributed by atoms with Crippen molar-refractivity contribution < 1.29 is 28.1 Å². The highest BCUT2D eigenvalue weighted by Crippen LogP contribution is 2.30. The number of hydrogen-bond donors (Lipinski definition) is 2. The molecule has 0 radical (unpaired) electrons. The summed E-state index contributed by atoms with van der Waals surface area (Å²) < 4.78 is 39.5. The topological polar surface area (TPSA) is 49.7 Å². The molecule has 2 N–H and O–H groups in total. The molecule has 0 spiro atoms. The number of hydrogen-bond acceptors (Lipinski definition) is 3. The molecule has 0 saturated carbocycles. The smallest absolute Gasteiger partial charge is 0.388 e. The normalized spacial score (nSPS) is 39.5. The Hall–Kier alpha value is -0.330. The SMILES string of the molecule is OC1COC(C(F)(F)F)C1O. The summed E-state index contributed by atoms with van der Waals surface area (Å²) in [7, 11) is 0. The first-order chi connectivity index (χ1) is 4.93. The second-order valence-corrected chi connectivity index (χ2v) is 2.35. The van der Waals surface area contributed by atoms with Crippen LogP contribution in [-0.4, -0.2) is 41.3 Å². The van der Waals surface area contributed by atoms with Crippen LogP contribution in [0, 0.1) is 0 Å². The molecule has 0 aromatic rings. The molecule has 66 valence electrons. The standard InChI is InChI=1S/C5H7F3O3/c6-5(7,8)4-3(10)2(9)1-11-4/h2-4,9-10H,1H2. The maximum absolute atomic E-state index is 11.8. The van der Waals surface area contributed by atoms with E-state index in [4.69, 9.17) is 10.2 Å². The quantitative estimate of drug-likeness (QED) is 0.526. The van der Waals surface area contributed by atoms with E-state index in [1.807, 2.05) is 0 Å². The van der Waals surface area contributed by atoms with E-state index in [0.717, 1.165) is 0 Å². The number of alkyl halides is 3. The molecule has 0 amide bonds. The summed E-state index contributed by atoms with van der Waals surface area (Å²) >= 11 is 0. The van der Waals surface area contributed by atoms with Crippen molar-refractivity contribution in [3.8, 4) is 0 Å². The molecule has 1 heterocycles. The van der Waals surface area contributed by atoms with Gasteiger partial charge in [0.25, 0.3) is 0 Å². The van der Waals surface area contributed by atoms with Crippen LogP contribution in [0.5, 0.6) is 0 Å². The lowest BCUT2D eigenvalue weighted by atomic mass is 10.1. The Morgan fingerprint density at radius 2 is 1.82 bits per heavy atom. The summed E-state index contributed by atoms with van der Waals surface area (Å²) in [5, 5.41) is 17.4. The van der Waals surface area contributed by atoms with Crippen molar-refractivity contribution in [3.05, 3.63) is 0 Å². The maximum atomic E-state index is 11.8. The highest BCUT2D eigenvalue weighted by Gasteiger charge is 2.51. The Bertz CT molecular complexity index is 146. The maximum Gasteiger partial charge on any atom is 0.417 e. The predicted octanol–water partition coefficient (Wildman–Crippen LogP) is -0.331. The van der Waals surface area contributed by atoms with E-state index in [-0.39, 0.29) is 0 Å². The third kappa shape index (κ3) is 1.63. The minimum absolute atomic E-state index is 0.467. The molecular weight excluding hydrogens is 165 g/mol. The van der Waals surface area contributed by atoms with Gasteiger partial charge < -0.3 is 14.9 Å². The van der Waals surface area contributed by atoms with Gasteiger partial charge in [0, 0.05) is 0 Å². The van der Waals surface area contributed by atoms with Crippen molar-refractivity contribution in [2.75, 3.05) is 6.61 Å². The molecule has 1 saturated heterocycles. The zero-order chi connectivity index (χ0) is 8.65. The Morgan fingerprint density at radius 1 is 1.27 bits per heavy atom. The van der Waals surface area contributed by atoms with Gasteiger partial charge in [-0.2, -0.15) is 13.2 Å². The fraction of sp³-hybridized carbons (Fsp3) is 1.00. The lowest BCUT2D eigenvalue weighted by Gasteiger charge is -2.17. The van der Waals surface area contributed by atoms with Crippen LogP contribution in [0.1, 0.15) is 0 Å². The molecule has 1 rings (SSSR count). The molecule has 0 bridgehead atoms. The fourth-order valence-electron chi connectivity index (χ4n) is 0.889. The molecule has 6 heteroatoms. The van der Waals surface area contributed by atoms with Gasteiger partial charge in [-0.25, -0.2) is 0 Å². The van der Waals surface area contributed by atoms with Crippen molar-refractivity contribution in [2.24, 2.45) is 0 Å². The van der Waals surface area contributed by atoms with Gasteiger partial charge in [0.1, 0.15) is 12.2 Å². The number of aliphatic hydroxyl groups excluding tert-OH is 2. The highest BCUT2D eigenvalue weighted by molar-refractivity contribution is 4.87. The zero-order valence-electron chi connectivity index (χ0n) is 5.38. The zero-order valence-corrected chi connectivity index (χ0v) is 5.38. The van der Waals surface area contributed by atoms with Crippen LogP contribution in [0.2, 0.25) is 0 Å².